The minimum absolute atomic E-state index is 0.141. The Balaban J connectivity index is 1.37. The molecule has 0 atom stereocenters. The lowest BCUT2D eigenvalue weighted by Gasteiger charge is -2.35. The van der Waals surface area contributed by atoms with Crippen molar-refractivity contribution in [1.29, 1.82) is 0 Å². The molecule has 0 unspecified atom stereocenters. The lowest BCUT2D eigenvalue weighted by Crippen LogP contribution is -3.27. The summed E-state index contributed by atoms with van der Waals surface area (Å²) in [5.41, 5.74) is 0. The van der Waals surface area contributed by atoms with Gasteiger partial charge in [0.05, 0.1) is 11.9 Å². The highest BCUT2D eigenvalue weighted by molar-refractivity contribution is 7.89. The van der Waals surface area contributed by atoms with Crippen molar-refractivity contribution in [3.8, 4) is 0 Å². The number of nitrogens with one attached hydrogen (secondary N) is 2. The fourth-order valence-electron chi connectivity index (χ4n) is 4.19. The standard InChI is InChI=1S/C21H28N4O3S/c1-22-8-10-23(11-9-22)17-21(26)24-12-14-25(15-13-24)29(27,28)20-7-6-18-4-2-3-5-19(18)16-20/h2-7,16H,8-15,17H2,1H3/p+2. The van der Waals surface area contributed by atoms with Gasteiger partial charge in [-0.2, -0.15) is 4.31 Å². The number of hydrogen-bond donors (Lipinski definition) is 2. The highest BCUT2D eigenvalue weighted by Gasteiger charge is 2.32. The summed E-state index contributed by atoms with van der Waals surface area (Å²) in [5, 5.41) is 1.94. The van der Waals surface area contributed by atoms with Gasteiger partial charge in [0.15, 0.2) is 6.54 Å². The molecule has 2 aliphatic rings. The number of likely N-dealkylation sites (N-methyl/N-ethyl adjacent to an activating group) is 1. The predicted octanol–water partition coefficient (Wildman–Crippen LogP) is -1.91. The Kier molecular flexibility index (Phi) is 5.87. The number of piperazine rings is 2. The lowest BCUT2D eigenvalue weighted by molar-refractivity contribution is -1.000. The van der Waals surface area contributed by atoms with Crippen LogP contribution < -0.4 is 9.80 Å². The van der Waals surface area contributed by atoms with Crippen molar-refractivity contribution in [3.05, 3.63) is 42.5 Å². The molecule has 156 valence electrons. The fraction of sp³-hybridized carbons (Fsp3) is 0.476. The Labute approximate surface area is 172 Å². The largest absolute Gasteiger partial charge is 0.335 e. The van der Waals surface area contributed by atoms with E-state index in [0.29, 0.717) is 37.6 Å². The molecular formula is C21H30N4O3S+2. The van der Waals surface area contributed by atoms with Crippen LogP contribution in [0.2, 0.25) is 0 Å². The van der Waals surface area contributed by atoms with Crippen LogP contribution >= 0.6 is 0 Å². The summed E-state index contributed by atoms with van der Waals surface area (Å²) in [6, 6.07) is 13.0. The zero-order valence-electron chi connectivity index (χ0n) is 16.9. The van der Waals surface area contributed by atoms with Gasteiger partial charge in [0, 0.05) is 26.2 Å². The Morgan fingerprint density at radius 2 is 1.59 bits per heavy atom. The number of hydrogen-bond acceptors (Lipinski definition) is 3. The van der Waals surface area contributed by atoms with E-state index in [9.17, 15) is 13.2 Å². The number of benzene rings is 2. The Hall–Kier alpha value is -2.00. The Bertz CT molecular complexity index is 978. The van der Waals surface area contributed by atoms with Gasteiger partial charge in [-0.25, -0.2) is 8.42 Å². The smallest absolute Gasteiger partial charge is 0.277 e. The molecule has 29 heavy (non-hydrogen) atoms. The zero-order valence-corrected chi connectivity index (χ0v) is 17.7. The SMILES string of the molecule is C[NH+]1CC[NH+](CC(=O)N2CCN(S(=O)(=O)c3ccc4ccccc4c3)CC2)CC1. The maximum Gasteiger partial charge on any atom is 0.277 e. The van der Waals surface area contributed by atoms with E-state index in [0.717, 1.165) is 37.0 Å². The Morgan fingerprint density at radius 3 is 2.28 bits per heavy atom. The molecular weight excluding hydrogens is 388 g/mol. The summed E-state index contributed by atoms with van der Waals surface area (Å²) in [4.78, 5) is 17.7. The van der Waals surface area contributed by atoms with E-state index in [2.05, 4.69) is 7.05 Å². The van der Waals surface area contributed by atoms with Crippen LogP contribution in [0.3, 0.4) is 0 Å². The molecule has 2 fully saturated rings. The van der Waals surface area contributed by atoms with Crippen LogP contribution in [0.1, 0.15) is 0 Å². The van der Waals surface area contributed by atoms with Gasteiger partial charge in [-0.1, -0.05) is 30.3 Å². The molecule has 2 saturated heterocycles. The summed E-state index contributed by atoms with van der Waals surface area (Å²) in [5.74, 6) is 0.141. The summed E-state index contributed by atoms with van der Waals surface area (Å²) in [7, 11) is -1.36. The van der Waals surface area contributed by atoms with Crippen molar-refractivity contribution < 1.29 is 23.0 Å². The van der Waals surface area contributed by atoms with Crippen molar-refractivity contribution >= 4 is 26.7 Å². The van der Waals surface area contributed by atoms with Gasteiger partial charge >= 0.3 is 0 Å². The van der Waals surface area contributed by atoms with Crippen LogP contribution in [0.4, 0.5) is 0 Å². The fourth-order valence-corrected chi connectivity index (χ4v) is 5.65. The summed E-state index contributed by atoms with van der Waals surface area (Å²) >= 11 is 0. The average molecular weight is 419 g/mol. The number of rotatable bonds is 4. The second-order valence-electron chi connectivity index (χ2n) is 8.18. The molecule has 0 radical (unpaired) electrons. The molecule has 2 aromatic carbocycles. The van der Waals surface area contributed by atoms with Gasteiger partial charge in [0.1, 0.15) is 26.2 Å². The predicted molar refractivity (Wildman–Crippen MR) is 111 cm³/mol. The molecule has 0 aromatic heterocycles. The molecule has 2 N–H and O–H groups in total. The molecule has 0 aliphatic carbocycles. The van der Waals surface area contributed by atoms with Crippen molar-refractivity contribution in [2.75, 3.05) is 66.0 Å². The average Bonchev–Trinajstić information content (AvgIpc) is 2.75. The van der Waals surface area contributed by atoms with E-state index in [1.54, 1.807) is 12.1 Å². The van der Waals surface area contributed by atoms with E-state index < -0.39 is 10.0 Å². The summed E-state index contributed by atoms with van der Waals surface area (Å²) in [6.45, 7) is 6.38. The number of quaternary nitrogens is 2. The highest BCUT2D eigenvalue weighted by atomic mass is 32.2. The lowest BCUT2D eigenvalue weighted by atomic mass is 10.1. The van der Waals surface area contributed by atoms with Crippen LogP contribution in [0.5, 0.6) is 0 Å². The second-order valence-corrected chi connectivity index (χ2v) is 10.1. The number of sulfonamides is 1. The molecule has 2 heterocycles. The van der Waals surface area contributed by atoms with Crippen LogP contribution in [0.25, 0.3) is 10.8 Å². The molecule has 1 amide bonds. The first-order valence-electron chi connectivity index (χ1n) is 10.3. The number of nitrogens with zero attached hydrogens (tertiary/aromatic N) is 2. The summed E-state index contributed by atoms with van der Waals surface area (Å²) in [6.07, 6.45) is 0. The monoisotopic (exact) mass is 418 g/mol. The first-order chi connectivity index (χ1) is 13.9. The van der Waals surface area contributed by atoms with Gasteiger partial charge in [0.25, 0.3) is 5.91 Å². The third kappa shape index (κ3) is 4.45. The van der Waals surface area contributed by atoms with E-state index >= 15 is 0 Å². The summed E-state index contributed by atoms with van der Waals surface area (Å²) < 4.78 is 27.6. The quantitative estimate of drug-likeness (QED) is 0.609. The Morgan fingerprint density at radius 1 is 0.931 bits per heavy atom. The minimum atomic E-state index is -3.55. The molecule has 0 bridgehead atoms. The van der Waals surface area contributed by atoms with E-state index in [1.807, 2.05) is 35.2 Å². The van der Waals surface area contributed by atoms with E-state index in [4.69, 9.17) is 0 Å². The number of amides is 1. The molecule has 7 nitrogen and oxygen atoms in total. The van der Waals surface area contributed by atoms with Crippen molar-refractivity contribution in [2.45, 2.75) is 4.90 Å². The molecule has 2 aliphatic heterocycles. The van der Waals surface area contributed by atoms with Crippen molar-refractivity contribution in [2.24, 2.45) is 0 Å². The number of carbonyl (C=O) groups is 1. The van der Waals surface area contributed by atoms with Gasteiger partial charge in [-0.3, -0.25) is 4.79 Å². The van der Waals surface area contributed by atoms with Gasteiger partial charge in [0.2, 0.25) is 10.0 Å². The van der Waals surface area contributed by atoms with Crippen LogP contribution in [0.15, 0.2) is 47.4 Å². The van der Waals surface area contributed by atoms with E-state index in [-0.39, 0.29) is 5.91 Å². The topological polar surface area (TPSA) is 66.6 Å². The maximum atomic E-state index is 13.1. The van der Waals surface area contributed by atoms with Gasteiger partial charge < -0.3 is 14.7 Å². The highest BCUT2D eigenvalue weighted by Crippen LogP contribution is 2.22. The second kappa shape index (κ2) is 8.39. The van der Waals surface area contributed by atoms with Crippen molar-refractivity contribution in [1.82, 2.24) is 9.21 Å². The van der Waals surface area contributed by atoms with E-state index in [1.165, 1.54) is 14.1 Å². The molecule has 8 heteroatoms. The third-order valence-corrected chi connectivity index (χ3v) is 8.06. The first kappa shape index (κ1) is 20.3. The zero-order chi connectivity index (χ0) is 20.4. The van der Waals surface area contributed by atoms with Crippen molar-refractivity contribution in [3.63, 3.8) is 0 Å². The van der Waals surface area contributed by atoms with Gasteiger partial charge in [-0.15, -0.1) is 0 Å². The molecule has 2 aromatic rings. The van der Waals surface area contributed by atoms with Crippen LogP contribution in [-0.4, -0.2) is 89.5 Å². The van der Waals surface area contributed by atoms with Gasteiger partial charge in [-0.05, 0) is 22.9 Å². The first-order valence-corrected chi connectivity index (χ1v) is 11.8. The van der Waals surface area contributed by atoms with Crippen LogP contribution in [0, 0.1) is 0 Å². The molecule has 0 saturated carbocycles. The molecule has 4 rings (SSSR count). The third-order valence-electron chi connectivity index (χ3n) is 6.16. The van der Waals surface area contributed by atoms with Crippen LogP contribution in [-0.2, 0) is 14.8 Å². The maximum absolute atomic E-state index is 13.1. The number of carbonyl (C=O) groups excluding carboxylic acids is 1. The number of fused-ring (bicyclic) bond motifs is 1. The minimum Gasteiger partial charge on any atom is -0.335 e. The normalized spacial score (nSPS) is 24.0. The molecule has 0 spiro atoms.